The Labute approximate surface area is 142 Å². The second-order valence-electron chi connectivity index (χ2n) is 6.36. The van der Waals surface area contributed by atoms with Gasteiger partial charge in [0.15, 0.2) is 0 Å². The third-order valence-corrected chi connectivity index (χ3v) is 4.57. The Kier molecular flexibility index (Phi) is 4.38. The van der Waals surface area contributed by atoms with E-state index in [9.17, 15) is 9.59 Å². The number of nitrogens with zero attached hydrogens (tertiary/aromatic N) is 1. The summed E-state index contributed by atoms with van der Waals surface area (Å²) in [6, 6.07) is 13.4. The van der Waals surface area contributed by atoms with Crippen molar-refractivity contribution in [2.45, 2.75) is 27.2 Å². The van der Waals surface area contributed by atoms with Crippen molar-refractivity contribution in [3.63, 3.8) is 0 Å². The Morgan fingerprint density at radius 1 is 1.08 bits per heavy atom. The van der Waals surface area contributed by atoms with Gasteiger partial charge in [-0.25, -0.2) is 0 Å². The zero-order chi connectivity index (χ0) is 17.3. The summed E-state index contributed by atoms with van der Waals surface area (Å²) in [4.78, 5) is 26.4. The van der Waals surface area contributed by atoms with E-state index in [0.29, 0.717) is 12.3 Å². The van der Waals surface area contributed by atoms with E-state index in [1.54, 1.807) is 11.0 Å². The van der Waals surface area contributed by atoms with Gasteiger partial charge in [-0.05, 0) is 50.1 Å². The average Bonchev–Trinajstić information content (AvgIpc) is 2.94. The molecular formula is C20H21NO3. The van der Waals surface area contributed by atoms with Crippen molar-refractivity contribution < 1.29 is 14.3 Å². The predicted octanol–water partition coefficient (Wildman–Crippen LogP) is 3.57. The van der Waals surface area contributed by atoms with Crippen molar-refractivity contribution in [3.8, 4) is 5.75 Å². The van der Waals surface area contributed by atoms with Crippen LogP contribution in [0.2, 0.25) is 0 Å². The molecule has 0 bridgehead atoms. The molecule has 1 aliphatic heterocycles. The van der Waals surface area contributed by atoms with Gasteiger partial charge in [0, 0.05) is 18.7 Å². The number of rotatable bonds is 3. The van der Waals surface area contributed by atoms with E-state index >= 15 is 0 Å². The molecule has 24 heavy (non-hydrogen) atoms. The zero-order valence-corrected chi connectivity index (χ0v) is 14.2. The van der Waals surface area contributed by atoms with Crippen LogP contribution in [-0.2, 0) is 9.59 Å². The van der Waals surface area contributed by atoms with Gasteiger partial charge in [0.25, 0.3) is 0 Å². The molecule has 0 spiro atoms. The van der Waals surface area contributed by atoms with Crippen LogP contribution in [0.25, 0.3) is 0 Å². The maximum atomic E-state index is 12.5. The second kappa shape index (κ2) is 6.48. The summed E-state index contributed by atoms with van der Waals surface area (Å²) < 4.78 is 5.54. The number of amides is 1. The van der Waals surface area contributed by atoms with Crippen LogP contribution in [0.15, 0.2) is 42.5 Å². The minimum atomic E-state index is -0.432. The molecule has 0 radical (unpaired) electrons. The number of carbonyl (C=O) groups excluding carboxylic acids is 2. The Balaban J connectivity index is 1.72. The Hall–Kier alpha value is -2.62. The summed E-state index contributed by atoms with van der Waals surface area (Å²) in [5.41, 5.74) is 3.98. The monoisotopic (exact) mass is 323 g/mol. The predicted molar refractivity (Wildman–Crippen MR) is 93.2 cm³/mol. The summed E-state index contributed by atoms with van der Waals surface area (Å²) in [5, 5.41) is 0. The molecule has 1 aliphatic rings. The highest BCUT2D eigenvalue weighted by molar-refractivity contribution is 5.99. The normalized spacial score (nSPS) is 17.2. The van der Waals surface area contributed by atoms with Gasteiger partial charge in [0.1, 0.15) is 5.75 Å². The molecule has 2 aromatic rings. The van der Waals surface area contributed by atoms with Crippen LogP contribution in [0.1, 0.15) is 23.1 Å². The van der Waals surface area contributed by atoms with Crippen LogP contribution in [-0.4, -0.2) is 18.4 Å². The van der Waals surface area contributed by atoms with Gasteiger partial charge in [-0.3, -0.25) is 9.59 Å². The van der Waals surface area contributed by atoms with Crippen molar-refractivity contribution in [2.24, 2.45) is 5.92 Å². The van der Waals surface area contributed by atoms with Crippen molar-refractivity contribution >= 4 is 17.6 Å². The quantitative estimate of drug-likeness (QED) is 0.641. The molecule has 1 heterocycles. The molecular weight excluding hydrogens is 302 g/mol. The maximum absolute atomic E-state index is 12.5. The van der Waals surface area contributed by atoms with Gasteiger partial charge in [0.05, 0.1) is 5.92 Å². The smallest absolute Gasteiger partial charge is 0.316 e. The van der Waals surface area contributed by atoms with Gasteiger partial charge >= 0.3 is 5.97 Å². The van der Waals surface area contributed by atoms with Crippen molar-refractivity contribution in [1.82, 2.24) is 0 Å². The van der Waals surface area contributed by atoms with Gasteiger partial charge < -0.3 is 9.64 Å². The van der Waals surface area contributed by atoms with Crippen LogP contribution in [0.5, 0.6) is 5.75 Å². The Morgan fingerprint density at radius 2 is 1.79 bits per heavy atom. The zero-order valence-electron chi connectivity index (χ0n) is 14.2. The van der Waals surface area contributed by atoms with E-state index in [-0.39, 0.29) is 18.3 Å². The molecule has 1 unspecified atom stereocenters. The summed E-state index contributed by atoms with van der Waals surface area (Å²) in [6.45, 7) is 6.27. The molecule has 0 aromatic heterocycles. The fourth-order valence-electron chi connectivity index (χ4n) is 2.87. The number of ether oxygens (including phenoxy) is 1. The number of hydrogen-bond donors (Lipinski definition) is 0. The first kappa shape index (κ1) is 16.2. The maximum Gasteiger partial charge on any atom is 0.316 e. The van der Waals surface area contributed by atoms with Crippen molar-refractivity contribution in [1.29, 1.82) is 0 Å². The molecule has 0 N–H and O–H groups in total. The van der Waals surface area contributed by atoms with E-state index in [0.717, 1.165) is 22.4 Å². The summed E-state index contributed by atoms with van der Waals surface area (Å²) in [6.07, 6.45) is 0.192. The van der Waals surface area contributed by atoms with Gasteiger partial charge in [-0.2, -0.15) is 0 Å². The summed E-state index contributed by atoms with van der Waals surface area (Å²) in [5.74, 6) is -0.242. The number of esters is 1. The molecule has 1 atom stereocenters. The lowest BCUT2D eigenvalue weighted by Gasteiger charge is -2.17. The van der Waals surface area contributed by atoms with E-state index in [1.807, 2.05) is 57.2 Å². The lowest BCUT2D eigenvalue weighted by atomic mass is 10.1. The molecule has 0 saturated carbocycles. The van der Waals surface area contributed by atoms with Crippen LogP contribution >= 0.6 is 0 Å². The van der Waals surface area contributed by atoms with Crippen molar-refractivity contribution in [2.75, 3.05) is 11.4 Å². The highest BCUT2D eigenvalue weighted by Crippen LogP contribution is 2.28. The number of hydrogen-bond acceptors (Lipinski definition) is 3. The summed E-state index contributed by atoms with van der Waals surface area (Å²) >= 11 is 0. The molecule has 2 aromatic carbocycles. The molecule has 4 heteroatoms. The van der Waals surface area contributed by atoms with Gasteiger partial charge in [-0.15, -0.1) is 0 Å². The highest BCUT2D eigenvalue weighted by atomic mass is 16.5. The number of anilines is 1. The molecule has 124 valence electrons. The Morgan fingerprint density at radius 3 is 2.50 bits per heavy atom. The average molecular weight is 323 g/mol. The fraction of sp³-hybridized carbons (Fsp3) is 0.300. The van der Waals surface area contributed by atoms with Gasteiger partial charge in [0.2, 0.25) is 5.91 Å². The lowest BCUT2D eigenvalue weighted by Crippen LogP contribution is -2.27. The first-order valence-electron chi connectivity index (χ1n) is 8.10. The standard InChI is InChI=1S/C20H21NO3/c1-13-7-9-17(10-8-13)21-12-16(11-19(21)22)20(23)24-18-6-4-5-14(2)15(18)3/h4-10,16H,11-12H2,1-3H3. The first-order chi connectivity index (χ1) is 11.5. The molecule has 4 nitrogen and oxygen atoms in total. The summed E-state index contributed by atoms with van der Waals surface area (Å²) in [7, 11) is 0. The number of carbonyl (C=O) groups is 2. The van der Waals surface area contributed by atoms with Crippen LogP contribution in [0.4, 0.5) is 5.69 Å². The molecule has 0 aliphatic carbocycles. The topological polar surface area (TPSA) is 46.6 Å². The lowest BCUT2D eigenvalue weighted by molar-refractivity contribution is -0.139. The SMILES string of the molecule is Cc1ccc(N2CC(C(=O)Oc3cccc(C)c3C)CC2=O)cc1. The van der Waals surface area contributed by atoms with Crippen molar-refractivity contribution in [3.05, 3.63) is 59.2 Å². The molecule has 1 fully saturated rings. The third-order valence-electron chi connectivity index (χ3n) is 4.57. The minimum Gasteiger partial charge on any atom is -0.426 e. The molecule has 1 saturated heterocycles. The fourth-order valence-corrected chi connectivity index (χ4v) is 2.87. The third kappa shape index (κ3) is 3.18. The van der Waals surface area contributed by atoms with E-state index in [2.05, 4.69) is 0 Å². The highest BCUT2D eigenvalue weighted by Gasteiger charge is 2.36. The van der Waals surface area contributed by atoms with Crippen LogP contribution in [0.3, 0.4) is 0 Å². The van der Waals surface area contributed by atoms with Gasteiger partial charge in [-0.1, -0.05) is 29.8 Å². The number of benzene rings is 2. The minimum absolute atomic E-state index is 0.0400. The second-order valence-corrected chi connectivity index (χ2v) is 6.36. The molecule has 1 amide bonds. The molecule has 3 rings (SSSR count). The Bertz CT molecular complexity index is 780. The van der Waals surface area contributed by atoms with Crippen LogP contribution < -0.4 is 9.64 Å². The van der Waals surface area contributed by atoms with Crippen LogP contribution in [0, 0.1) is 26.7 Å². The number of aryl methyl sites for hydroxylation is 2. The largest absolute Gasteiger partial charge is 0.426 e. The first-order valence-corrected chi connectivity index (χ1v) is 8.10. The van der Waals surface area contributed by atoms with E-state index in [1.165, 1.54) is 0 Å². The van der Waals surface area contributed by atoms with E-state index < -0.39 is 5.92 Å². The van der Waals surface area contributed by atoms with E-state index in [4.69, 9.17) is 4.74 Å².